The number of carboxylic acid groups (broad SMARTS) is 1. The number of benzene rings is 1. The van der Waals surface area contributed by atoms with Crippen molar-refractivity contribution in [3.05, 3.63) is 72.1 Å². The fraction of sp³-hybridized carbons (Fsp3) is 0.346. The molecule has 0 fully saturated rings. The first-order chi connectivity index (χ1) is 16.4. The van der Waals surface area contributed by atoms with Crippen LogP contribution in [-0.4, -0.2) is 39.5 Å². The minimum absolute atomic E-state index is 0.147. The largest absolute Gasteiger partial charge is 0.493 e. The van der Waals surface area contributed by atoms with Crippen molar-refractivity contribution < 1.29 is 25.2 Å². The molecular weight excluding hydrogens is 420 g/mol. The molecule has 3 rings (SSSR count). The van der Waals surface area contributed by atoms with Crippen LogP contribution in [0.1, 0.15) is 56.8 Å². The van der Waals surface area contributed by atoms with Gasteiger partial charge in [0.1, 0.15) is 11.4 Å². The molecule has 3 aromatic rings. The van der Waals surface area contributed by atoms with Gasteiger partial charge < -0.3 is 19.2 Å². The molecule has 0 aliphatic carbocycles. The maximum absolute atomic E-state index is 13.4. The molecule has 0 aliphatic heterocycles. The number of ether oxygens (including phenoxy) is 1. The van der Waals surface area contributed by atoms with Gasteiger partial charge in [-0.05, 0) is 63.4 Å². The van der Waals surface area contributed by atoms with Crippen LogP contribution in [0.5, 0.6) is 5.75 Å². The number of furan rings is 1. The second kappa shape index (κ2) is 11.9. The number of carboxylic acids is 1. The molecule has 7 nitrogen and oxygen atoms in total. The summed E-state index contributed by atoms with van der Waals surface area (Å²) in [5.41, 5.74) is 1.61. The van der Waals surface area contributed by atoms with E-state index in [9.17, 15) is 9.59 Å². The molecule has 7 heteroatoms. The summed E-state index contributed by atoms with van der Waals surface area (Å²) in [5.74, 6) is 0.0714. The minimum atomic E-state index is -0.972. The van der Waals surface area contributed by atoms with Crippen LogP contribution in [0.15, 0.2) is 65.4 Å². The highest BCUT2D eigenvalue weighted by atomic mass is 16.5. The molecule has 33 heavy (non-hydrogen) atoms. The molecule has 1 atom stereocenters. The third kappa shape index (κ3) is 6.94. The first-order valence-corrected chi connectivity index (χ1v) is 11.1. The van der Waals surface area contributed by atoms with E-state index in [-0.39, 0.29) is 18.4 Å². The zero-order chi connectivity index (χ0) is 24.5. The van der Waals surface area contributed by atoms with Crippen LogP contribution in [0.4, 0.5) is 0 Å². The van der Waals surface area contributed by atoms with Crippen LogP contribution in [0, 0.1) is 0 Å². The number of para-hydroxylation sites is 1. The molecule has 1 unspecified atom stereocenters. The summed E-state index contributed by atoms with van der Waals surface area (Å²) in [6.45, 7) is 3.18. The molecule has 0 radical (unpaired) electrons. The lowest BCUT2D eigenvalue weighted by Gasteiger charge is -2.28. The molecule has 0 bridgehead atoms. The summed E-state index contributed by atoms with van der Waals surface area (Å²) in [5, 5.41) is 8.73. The van der Waals surface area contributed by atoms with E-state index in [1.54, 1.807) is 42.7 Å². The summed E-state index contributed by atoms with van der Waals surface area (Å²) in [6.07, 6.45) is 5.28. The zero-order valence-corrected chi connectivity index (χ0v) is 18.9. The maximum atomic E-state index is 13.4. The Labute approximate surface area is 195 Å². The normalized spacial score (nSPS) is 12.3. The first-order valence-electron chi connectivity index (χ1n) is 11.6. The number of carbonyl (C=O) groups excluding carboxylic acids is 1. The SMILES string of the molecule is [2H]C(c1ccccc1OCCCCCC(=O)O)N(C(=O)c1ccc(-c2ccco2)nc1)C(C)C. The van der Waals surface area contributed by atoms with Gasteiger partial charge in [-0.15, -0.1) is 0 Å². The number of amides is 1. The van der Waals surface area contributed by atoms with Gasteiger partial charge >= 0.3 is 5.97 Å². The molecule has 2 aromatic heterocycles. The Morgan fingerprint density at radius 1 is 1.12 bits per heavy atom. The number of nitrogens with zero attached hydrogens (tertiary/aromatic N) is 2. The topological polar surface area (TPSA) is 92.9 Å². The van der Waals surface area contributed by atoms with Gasteiger partial charge in [-0.3, -0.25) is 14.6 Å². The number of hydrogen-bond donors (Lipinski definition) is 1. The summed E-state index contributed by atoms with van der Waals surface area (Å²) in [6, 6.07) is 14.0. The van der Waals surface area contributed by atoms with Crippen molar-refractivity contribution in [2.24, 2.45) is 0 Å². The number of carbonyl (C=O) groups is 2. The van der Waals surface area contributed by atoms with E-state index >= 15 is 0 Å². The molecule has 1 amide bonds. The van der Waals surface area contributed by atoms with Gasteiger partial charge in [-0.1, -0.05) is 18.2 Å². The lowest BCUT2D eigenvalue weighted by molar-refractivity contribution is -0.137. The van der Waals surface area contributed by atoms with Gasteiger partial charge in [0.05, 0.1) is 19.8 Å². The monoisotopic (exact) mass is 451 g/mol. The van der Waals surface area contributed by atoms with E-state index in [1.807, 2.05) is 26.0 Å². The van der Waals surface area contributed by atoms with Crippen LogP contribution < -0.4 is 4.74 Å². The summed E-state index contributed by atoms with van der Waals surface area (Å²) in [7, 11) is 0. The summed E-state index contributed by atoms with van der Waals surface area (Å²) in [4.78, 5) is 29.8. The van der Waals surface area contributed by atoms with Crippen LogP contribution in [-0.2, 0) is 11.3 Å². The van der Waals surface area contributed by atoms with Crippen LogP contribution in [0.25, 0.3) is 11.5 Å². The molecule has 0 saturated heterocycles. The molecule has 2 heterocycles. The molecule has 1 N–H and O–H groups in total. The van der Waals surface area contributed by atoms with Crippen molar-refractivity contribution in [1.82, 2.24) is 9.88 Å². The van der Waals surface area contributed by atoms with Gasteiger partial charge in [-0.2, -0.15) is 0 Å². The predicted molar refractivity (Wildman–Crippen MR) is 125 cm³/mol. The molecule has 0 aliphatic rings. The Hall–Kier alpha value is -3.61. The Morgan fingerprint density at radius 3 is 2.61 bits per heavy atom. The molecule has 0 spiro atoms. The number of pyridine rings is 1. The van der Waals surface area contributed by atoms with E-state index < -0.39 is 12.5 Å². The second-order valence-electron chi connectivity index (χ2n) is 7.94. The van der Waals surface area contributed by atoms with E-state index in [0.29, 0.717) is 47.8 Å². The average Bonchev–Trinajstić information content (AvgIpc) is 3.36. The highest BCUT2D eigenvalue weighted by Crippen LogP contribution is 2.23. The Kier molecular flexibility index (Phi) is 8.11. The fourth-order valence-electron chi connectivity index (χ4n) is 3.29. The minimum Gasteiger partial charge on any atom is -0.493 e. The smallest absolute Gasteiger partial charge is 0.303 e. The number of hydrogen-bond acceptors (Lipinski definition) is 5. The zero-order valence-electron chi connectivity index (χ0n) is 19.9. The molecular formula is C26H30N2O5. The van der Waals surface area contributed by atoms with E-state index in [2.05, 4.69) is 4.98 Å². The van der Waals surface area contributed by atoms with Gasteiger partial charge in [0, 0.05) is 30.7 Å². The lowest BCUT2D eigenvalue weighted by atomic mass is 10.1. The third-order valence-electron chi connectivity index (χ3n) is 5.06. The van der Waals surface area contributed by atoms with Gasteiger partial charge in [0.2, 0.25) is 0 Å². The number of aromatic nitrogens is 1. The van der Waals surface area contributed by atoms with E-state index in [4.69, 9.17) is 15.6 Å². The second-order valence-corrected chi connectivity index (χ2v) is 7.94. The Bertz CT molecular complexity index is 1070. The molecule has 1 aromatic carbocycles. The van der Waals surface area contributed by atoms with Gasteiger partial charge in [0.15, 0.2) is 5.76 Å². The number of rotatable bonds is 12. The first kappa shape index (κ1) is 22.6. The molecule has 0 saturated carbocycles. The quantitative estimate of drug-likeness (QED) is 0.370. The maximum Gasteiger partial charge on any atom is 0.303 e. The van der Waals surface area contributed by atoms with Crippen LogP contribution in [0.3, 0.4) is 0 Å². The van der Waals surface area contributed by atoms with Crippen molar-refractivity contribution >= 4 is 11.9 Å². The highest BCUT2D eigenvalue weighted by molar-refractivity contribution is 5.94. The van der Waals surface area contributed by atoms with Crippen molar-refractivity contribution in [2.45, 2.75) is 52.1 Å². The van der Waals surface area contributed by atoms with E-state index in [1.165, 1.54) is 11.1 Å². The van der Waals surface area contributed by atoms with Crippen LogP contribution in [0.2, 0.25) is 0 Å². The summed E-state index contributed by atoms with van der Waals surface area (Å²) < 4.78 is 20.2. The number of aliphatic carboxylic acids is 1. The summed E-state index contributed by atoms with van der Waals surface area (Å²) >= 11 is 0. The lowest BCUT2D eigenvalue weighted by Crippen LogP contribution is -2.36. The standard InChI is InChI=1S/C26H30N2O5/c1-19(2)28(26(31)20-13-14-22(27-17-20)24-11-8-16-33-24)18-21-9-5-6-10-23(21)32-15-7-3-4-12-25(29)30/h5-6,8-11,13-14,16-17,19H,3-4,7,12,15,18H2,1-2H3,(H,29,30)/i18D. The van der Waals surface area contributed by atoms with Crippen molar-refractivity contribution in [3.8, 4) is 17.2 Å². The van der Waals surface area contributed by atoms with E-state index in [0.717, 1.165) is 6.42 Å². The fourth-order valence-corrected chi connectivity index (χ4v) is 3.29. The third-order valence-corrected chi connectivity index (χ3v) is 5.06. The van der Waals surface area contributed by atoms with Crippen LogP contribution >= 0.6 is 0 Å². The Balaban J connectivity index is 1.71. The van der Waals surface area contributed by atoms with Gasteiger partial charge in [-0.25, -0.2) is 0 Å². The van der Waals surface area contributed by atoms with Crippen molar-refractivity contribution in [3.63, 3.8) is 0 Å². The predicted octanol–water partition coefficient (Wildman–Crippen LogP) is 5.42. The van der Waals surface area contributed by atoms with Gasteiger partial charge in [0.25, 0.3) is 5.91 Å². The average molecular weight is 452 g/mol. The van der Waals surface area contributed by atoms with Crippen molar-refractivity contribution in [1.29, 1.82) is 0 Å². The number of unbranched alkanes of at least 4 members (excludes halogenated alkanes) is 2. The molecule has 174 valence electrons. The van der Waals surface area contributed by atoms with Crippen molar-refractivity contribution in [2.75, 3.05) is 6.61 Å². The highest BCUT2D eigenvalue weighted by Gasteiger charge is 2.21. The Morgan fingerprint density at radius 2 is 1.94 bits per heavy atom.